The fourth-order valence-corrected chi connectivity index (χ4v) is 4.02. The minimum absolute atomic E-state index is 0.0171. The Morgan fingerprint density at radius 1 is 1.10 bits per heavy atom. The number of ether oxygens (including phenoxy) is 1. The molecule has 1 heterocycles. The van der Waals surface area contributed by atoms with Gasteiger partial charge in [0.25, 0.3) is 0 Å². The van der Waals surface area contributed by atoms with Crippen molar-refractivity contribution in [3.8, 4) is 11.1 Å². The van der Waals surface area contributed by atoms with Crippen LogP contribution < -0.4 is 0 Å². The number of amides is 1. The molecular formula is C23H25N3O3. The highest BCUT2D eigenvalue weighted by atomic mass is 16.6. The Morgan fingerprint density at radius 2 is 1.76 bits per heavy atom. The Hall–Kier alpha value is -3.12. The summed E-state index contributed by atoms with van der Waals surface area (Å²) in [5.41, 5.74) is 5.67. The predicted molar refractivity (Wildman–Crippen MR) is 110 cm³/mol. The van der Waals surface area contributed by atoms with E-state index in [0.29, 0.717) is 6.54 Å². The lowest BCUT2D eigenvalue weighted by Gasteiger charge is -2.23. The van der Waals surface area contributed by atoms with E-state index >= 15 is 0 Å². The molecule has 0 saturated carbocycles. The molecule has 6 nitrogen and oxygen atoms in total. The molecule has 0 bridgehead atoms. The van der Waals surface area contributed by atoms with E-state index in [-0.39, 0.29) is 25.7 Å². The number of aromatic nitrogens is 2. The molecule has 0 fully saturated rings. The predicted octanol–water partition coefficient (Wildman–Crippen LogP) is 3.65. The van der Waals surface area contributed by atoms with E-state index in [1.807, 2.05) is 41.9 Å². The third-order valence-electron chi connectivity index (χ3n) is 5.42. The maximum absolute atomic E-state index is 12.8. The molecule has 0 atom stereocenters. The molecule has 6 heteroatoms. The molecule has 2 aromatic carbocycles. The second-order valence-corrected chi connectivity index (χ2v) is 7.09. The summed E-state index contributed by atoms with van der Waals surface area (Å²) in [5.74, 6) is 0.0171. The number of hydrogen-bond donors (Lipinski definition) is 1. The number of hydrogen-bond acceptors (Lipinski definition) is 4. The van der Waals surface area contributed by atoms with Gasteiger partial charge in [0.2, 0.25) is 0 Å². The van der Waals surface area contributed by atoms with Crippen LogP contribution in [0.5, 0.6) is 0 Å². The van der Waals surface area contributed by atoms with Crippen LogP contribution in [0.4, 0.5) is 4.79 Å². The van der Waals surface area contributed by atoms with Crippen LogP contribution >= 0.6 is 0 Å². The van der Waals surface area contributed by atoms with E-state index in [2.05, 4.69) is 29.4 Å². The lowest BCUT2D eigenvalue weighted by atomic mass is 9.98. The van der Waals surface area contributed by atoms with Gasteiger partial charge in [-0.3, -0.25) is 4.68 Å². The molecule has 3 aromatic rings. The summed E-state index contributed by atoms with van der Waals surface area (Å²) < 4.78 is 7.56. The quantitative estimate of drug-likeness (QED) is 0.668. The molecule has 0 aliphatic heterocycles. The van der Waals surface area contributed by atoms with Crippen LogP contribution in [0.2, 0.25) is 0 Å². The molecule has 29 heavy (non-hydrogen) atoms. The maximum Gasteiger partial charge on any atom is 0.410 e. The summed E-state index contributed by atoms with van der Waals surface area (Å²) in [6.07, 6.45) is 1.29. The molecule has 1 aliphatic carbocycles. The van der Waals surface area contributed by atoms with Gasteiger partial charge < -0.3 is 14.7 Å². The molecule has 1 amide bonds. The number of aliphatic hydroxyl groups is 1. The molecule has 4 rings (SSSR count). The number of aryl methyl sites for hydroxylation is 1. The number of carbonyl (C=O) groups excluding carboxylic acids is 1. The highest BCUT2D eigenvalue weighted by molar-refractivity contribution is 5.79. The van der Waals surface area contributed by atoms with Crippen molar-refractivity contribution in [3.63, 3.8) is 0 Å². The summed E-state index contributed by atoms with van der Waals surface area (Å²) in [5, 5.41) is 13.7. The van der Waals surface area contributed by atoms with E-state index < -0.39 is 6.09 Å². The normalized spacial score (nSPS) is 12.5. The van der Waals surface area contributed by atoms with Crippen LogP contribution in [0.25, 0.3) is 11.1 Å². The highest BCUT2D eigenvalue weighted by Gasteiger charge is 2.29. The SMILES string of the molecule is CCn1nccc1CN(CCO)C(=O)OCC1c2ccccc2-c2ccccc21. The van der Waals surface area contributed by atoms with E-state index in [1.54, 1.807) is 6.20 Å². The number of benzene rings is 2. The Labute approximate surface area is 170 Å². The van der Waals surface area contributed by atoms with E-state index in [4.69, 9.17) is 4.74 Å². The van der Waals surface area contributed by atoms with E-state index in [1.165, 1.54) is 27.2 Å². The largest absolute Gasteiger partial charge is 0.448 e. The van der Waals surface area contributed by atoms with Crippen molar-refractivity contribution in [3.05, 3.63) is 77.6 Å². The summed E-state index contributed by atoms with van der Waals surface area (Å²) in [7, 11) is 0. The smallest absolute Gasteiger partial charge is 0.410 e. The van der Waals surface area contributed by atoms with Crippen LogP contribution in [0.15, 0.2) is 60.8 Å². The van der Waals surface area contributed by atoms with Gasteiger partial charge in [-0.15, -0.1) is 0 Å². The van der Waals surface area contributed by atoms with E-state index in [9.17, 15) is 9.90 Å². The Morgan fingerprint density at radius 3 is 2.38 bits per heavy atom. The van der Waals surface area contributed by atoms with Crippen LogP contribution in [0.1, 0.15) is 29.7 Å². The van der Waals surface area contributed by atoms with Gasteiger partial charge in [0, 0.05) is 25.2 Å². The van der Waals surface area contributed by atoms with Crippen molar-refractivity contribution in [2.24, 2.45) is 0 Å². The Bertz CT molecular complexity index is 953. The topological polar surface area (TPSA) is 67.6 Å². The molecule has 0 spiro atoms. The van der Waals surface area contributed by atoms with Crippen molar-refractivity contribution in [2.75, 3.05) is 19.8 Å². The van der Waals surface area contributed by atoms with Crippen LogP contribution in [-0.4, -0.2) is 45.6 Å². The van der Waals surface area contributed by atoms with Crippen molar-refractivity contribution in [2.45, 2.75) is 25.9 Å². The standard InChI is InChI=1S/C23H25N3O3/c1-2-26-17(11-12-24-26)15-25(13-14-27)23(28)29-16-22-20-9-5-3-7-18(20)19-8-4-6-10-21(19)22/h3-12,22,27H,2,13-16H2,1H3. The van der Waals surface area contributed by atoms with Gasteiger partial charge in [-0.1, -0.05) is 48.5 Å². The van der Waals surface area contributed by atoms with Gasteiger partial charge >= 0.3 is 6.09 Å². The minimum atomic E-state index is -0.426. The zero-order valence-corrected chi connectivity index (χ0v) is 16.5. The summed E-state index contributed by atoms with van der Waals surface area (Å²) in [4.78, 5) is 14.3. The Kier molecular flexibility index (Phi) is 5.62. The average Bonchev–Trinajstić information content (AvgIpc) is 3.34. The molecule has 0 saturated heterocycles. The third kappa shape index (κ3) is 3.76. The fourth-order valence-electron chi connectivity index (χ4n) is 4.02. The summed E-state index contributed by atoms with van der Waals surface area (Å²) >= 11 is 0. The number of carbonyl (C=O) groups is 1. The first-order chi connectivity index (χ1) is 14.2. The number of aliphatic hydroxyl groups excluding tert-OH is 1. The van der Waals surface area contributed by atoms with Gasteiger partial charge in [-0.25, -0.2) is 4.79 Å². The second-order valence-electron chi connectivity index (χ2n) is 7.09. The van der Waals surface area contributed by atoms with Crippen molar-refractivity contribution >= 4 is 6.09 Å². The molecule has 1 aromatic heterocycles. The number of rotatable bonds is 7. The van der Waals surface area contributed by atoms with Gasteiger partial charge in [-0.2, -0.15) is 5.10 Å². The first-order valence-electron chi connectivity index (χ1n) is 9.94. The lowest BCUT2D eigenvalue weighted by molar-refractivity contribution is 0.0881. The number of nitrogens with zero attached hydrogens (tertiary/aromatic N) is 3. The van der Waals surface area contributed by atoms with Crippen molar-refractivity contribution in [1.29, 1.82) is 0 Å². The minimum Gasteiger partial charge on any atom is -0.448 e. The molecule has 1 aliphatic rings. The van der Waals surface area contributed by atoms with Gasteiger partial charge in [0.05, 0.1) is 18.8 Å². The molecular weight excluding hydrogens is 366 g/mol. The second kappa shape index (κ2) is 8.49. The van der Waals surface area contributed by atoms with Crippen LogP contribution in [-0.2, 0) is 17.8 Å². The first kappa shape index (κ1) is 19.2. The van der Waals surface area contributed by atoms with Crippen molar-refractivity contribution < 1.29 is 14.6 Å². The highest BCUT2D eigenvalue weighted by Crippen LogP contribution is 2.44. The number of fused-ring (bicyclic) bond motifs is 3. The van der Waals surface area contributed by atoms with Crippen molar-refractivity contribution in [1.82, 2.24) is 14.7 Å². The third-order valence-corrected chi connectivity index (χ3v) is 5.42. The van der Waals surface area contributed by atoms with E-state index in [0.717, 1.165) is 12.2 Å². The fraction of sp³-hybridized carbons (Fsp3) is 0.304. The van der Waals surface area contributed by atoms with Crippen LogP contribution in [0, 0.1) is 0 Å². The molecule has 150 valence electrons. The molecule has 0 radical (unpaired) electrons. The summed E-state index contributed by atoms with van der Waals surface area (Å²) in [6.45, 7) is 3.43. The van der Waals surface area contributed by atoms with Gasteiger partial charge in [0.1, 0.15) is 6.61 Å². The van der Waals surface area contributed by atoms with Gasteiger partial charge in [0.15, 0.2) is 0 Å². The zero-order valence-electron chi connectivity index (χ0n) is 16.5. The average molecular weight is 391 g/mol. The monoisotopic (exact) mass is 391 g/mol. The summed E-state index contributed by atoms with van der Waals surface area (Å²) in [6, 6.07) is 18.4. The first-order valence-corrected chi connectivity index (χ1v) is 9.94. The maximum atomic E-state index is 12.8. The molecule has 0 unspecified atom stereocenters. The zero-order chi connectivity index (χ0) is 20.2. The lowest BCUT2D eigenvalue weighted by Crippen LogP contribution is -2.35. The molecule has 1 N–H and O–H groups in total. The van der Waals surface area contributed by atoms with Crippen LogP contribution in [0.3, 0.4) is 0 Å². The Balaban J connectivity index is 1.49. The van der Waals surface area contributed by atoms with Gasteiger partial charge in [-0.05, 0) is 35.2 Å².